The molecule has 1 amide bonds. The maximum absolute atomic E-state index is 11.8. The minimum Gasteiger partial charge on any atom is -0.508 e. The maximum atomic E-state index is 11.8. The van der Waals surface area contributed by atoms with Crippen LogP contribution >= 0.6 is 0 Å². The molecule has 0 fully saturated rings. The van der Waals surface area contributed by atoms with Crippen LogP contribution in [-0.4, -0.2) is 23.0 Å². The van der Waals surface area contributed by atoms with Gasteiger partial charge in [0.25, 0.3) is 0 Å². The van der Waals surface area contributed by atoms with Crippen LogP contribution in [0.25, 0.3) is 0 Å². The summed E-state index contributed by atoms with van der Waals surface area (Å²) in [5.74, 6) is 0.413. The van der Waals surface area contributed by atoms with Gasteiger partial charge in [0.1, 0.15) is 5.75 Å². The number of phenols is 1. The second-order valence-corrected chi connectivity index (χ2v) is 4.38. The Balaban J connectivity index is 2.43. The molecular formula is C14H21NO2. The summed E-state index contributed by atoms with van der Waals surface area (Å²) in [7, 11) is 1.80. The highest BCUT2D eigenvalue weighted by Gasteiger charge is 2.08. The van der Waals surface area contributed by atoms with E-state index in [1.54, 1.807) is 30.1 Å². The van der Waals surface area contributed by atoms with E-state index in [1.807, 2.05) is 6.07 Å². The SMILES string of the molecule is CCCCCC(=O)N(C)Cc1cccc(O)c1. The quantitative estimate of drug-likeness (QED) is 0.770. The Morgan fingerprint density at radius 2 is 2.12 bits per heavy atom. The zero-order valence-electron chi connectivity index (χ0n) is 10.6. The summed E-state index contributed by atoms with van der Waals surface area (Å²) in [5, 5.41) is 9.33. The minimum absolute atomic E-state index is 0.168. The molecule has 1 aromatic rings. The van der Waals surface area contributed by atoms with Gasteiger partial charge in [-0.05, 0) is 24.1 Å². The zero-order valence-corrected chi connectivity index (χ0v) is 10.6. The molecule has 0 radical (unpaired) electrons. The van der Waals surface area contributed by atoms with Gasteiger partial charge in [0.05, 0.1) is 0 Å². The van der Waals surface area contributed by atoms with Gasteiger partial charge in [-0.2, -0.15) is 0 Å². The van der Waals surface area contributed by atoms with Crippen LogP contribution in [0.2, 0.25) is 0 Å². The molecule has 0 aliphatic heterocycles. The van der Waals surface area contributed by atoms with Gasteiger partial charge in [-0.1, -0.05) is 31.9 Å². The summed E-state index contributed by atoms with van der Waals surface area (Å²) in [5.41, 5.74) is 0.955. The van der Waals surface area contributed by atoms with Gasteiger partial charge < -0.3 is 10.0 Å². The van der Waals surface area contributed by atoms with Crippen LogP contribution in [0, 0.1) is 0 Å². The van der Waals surface area contributed by atoms with Crippen molar-refractivity contribution in [3.05, 3.63) is 29.8 Å². The van der Waals surface area contributed by atoms with Gasteiger partial charge in [0.15, 0.2) is 0 Å². The molecule has 0 atom stereocenters. The monoisotopic (exact) mass is 235 g/mol. The Labute approximate surface area is 103 Å². The molecule has 1 rings (SSSR count). The molecule has 0 spiro atoms. The Morgan fingerprint density at radius 1 is 1.35 bits per heavy atom. The summed E-state index contributed by atoms with van der Waals surface area (Å²) in [6.45, 7) is 2.68. The summed E-state index contributed by atoms with van der Waals surface area (Å²) in [4.78, 5) is 13.5. The third-order valence-electron chi connectivity index (χ3n) is 2.75. The van der Waals surface area contributed by atoms with Crippen molar-refractivity contribution in [2.75, 3.05) is 7.05 Å². The second kappa shape index (κ2) is 6.94. The summed E-state index contributed by atoms with van der Waals surface area (Å²) in [6.07, 6.45) is 3.80. The average molecular weight is 235 g/mol. The van der Waals surface area contributed by atoms with E-state index in [4.69, 9.17) is 0 Å². The fraction of sp³-hybridized carbons (Fsp3) is 0.500. The van der Waals surface area contributed by atoms with Crippen LogP contribution in [-0.2, 0) is 11.3 Å². The fourth-order valence-electron chi connectivity index (χ4n) is 1.73. The number of amides is 1. The van der Waals surface area contributed by atoms with Crippen molar-refractivity contribution >= 4 is 5.91 Å². The molecule has 0 aromatic heterocycles. The van der Waals surface area contributed by atoms with E-state index in [1.165, 1.54) is 0 Å². The smallest absolute Gasteiger partial charge is 0.222 e. The van der Waals surface area contributed by atoms with Crippen LogP contribution in [0.5, 0.6) is 5.75 Å². The first kappa shape index (κ1) is 13.6. The van der Waals surface area contributed by atoms with Gasteiger partial charge in [-0.3, -0.25) is 4.79 Å². The highest BCUT2D eigenvalue weighted by molar-refractivity contribution is 5.75. The molecule has 0 saturated carbocycles. The van der Waals surface area contributed by atoms with Crippen LogP contribution in [0.3, 0.4) is 0 Å². The number of unbranched alkanes of at least 4 members (excludes halogenated alkanes) is 2. The summed E-state index contributed by atoms with van der Waals surface area (Å²) >= 11 is 0. The lowest BCUT2D eigenvalue weighted by Gasteiger charge is -2.17. The third kappa shape index (κ3) is 4.89. The zero-order chi connectivity index (χ0) is 12.7. The number of phenolic OH excluding ortho intramolecular Hbond substituents is 1. The van der Waals surface area contributed by atoms with Crippen molar-refractivity contribution < 1.29 is 9.90 Å². The standard InChI is InChI=1S/C14H21NO2/c1-3-4-5-9-14(17)15(2)11-12-7-6-8-13(16)10-12/h6-8,10,16H,3-5,9,11H2,1-2H3. The minimum atomic E-state index is 0.168. The van der Waals surface area contributed by atoms with E-state index in [-0.39, 0.29) is 11.7 Å². The maximum Gasteiger partial charge on any atom is 0.222 e. The largest absolute Gasteiger partial charge is 0.508 e. The van der Waals surface area contributed by atoms with Gasteiger partial charge in [-0.25, -0.2) is 0 Å². The molecule has 3 heteroatoms. The van der Waals surface area contributed by atoms with E-state index in [9.17, 15) is 9.90 Å². The molecule has 0 heterocycles. The predicted octanol–water partition coefficient (Wildman–Crippen LogP) is 2.93. The highest BCUT2D eigenvalue weighted by atomic mass is 16.3. The van der Waals surface area contributed by atoms with Gasteiger partial charge in [0.2, 0.25) is 5.91 Å². The van der Waals surface area contributed by atoms with E-state index in [0.29, 0.717) is 13.0 Å². The molecule has 3 nitrogen and oxygen atoms in total. The van der Waals surface area contributed by atoms with Crippen molar-refractivity contribution in [1.29, 1.82) is 0 Å². The Hall–Kier alpha value is -1.51. The van der Waals surface area contributed by atoms with Gasteiger partial charge in [0, 0.05) is 20.0 Å². The van der Waals surface area contributed by atoms with Gasteiger partial charge >= 0.3 is 0 Å². The Bertz CT molecular complexity index is 363. The number of carbonyl (C=O) groups excluding carboxylic acids is 1. The van der Waals surface area contributed by atoms with Crippen LogP contribution in [0.4, 0.5) is 0 Å². The van der Waals surface area contributed by atoms with E-state index >= 15 is 0 Å². The number of aromatic hydroxyl groups is 1. The third-order valence-corrected chi connectivity index (χ3v) is 2.75. The Kier molecular flexibility index (Phi) is 5.53. The Morgan fingerprint density at radius 3 is 2.76 bits per heavy atom. The van der Waals surface area contributed by atoms with Crippen molar-refractivity contribution in [2.24, 2.45) is 0 Å². The first-order valence-corrected chi connectivity index (χ1v) is 6.15. The first-order chi connectivity index (χ1) is 8.13. The molecule has 1 N–H and O–H groups in total. The average Bonchev–Trinajstić information content (AvgIpc) is 2.29. The molecule has 17 heavy (non-hydrogen) atoms. The lowest BCUT2D eigenvalue weighted by Crippen LogP contribution is -2.25. The molecule has 1 aromatic carbocycles. The van der Waals surface area contributed by atoms with E-state index in [0.717, 1.165) is 24.8 Å². The lowest BCUT2D eigenvalue weighted by molar-refractivity contribution is -0.130. The summed E-state index contributed by atoms with van der Waals surface area (Å²) < 4.78 is 0. The van der Waals surface area contributed by atoms with Gasteiger partial charge in [-0.15, -0.1) is 0 Å². The van der Waals surface area contributed by atoms with Crippen molar-refractivity contribution in [2.45, 2.75) is 39.2 Å². The van der Waals surface area contributed by atoms with Crippen LogP contribution < -0.4 is 0 Å². The predicted molar refractivity (Wildman–Crippen MR) is 68.7 cm³/mol. The van der Waals surface area contributed by atoms with Crippen molar-refractivity contribution in [3.8, 4) is 5.75 Å². The molecule has 0 aliphatic carbocycles. The summed E-state index contributed by atoms with van der Waals surface area (Å²) in [6, 6.07) is 7.03. The fourth-order valence-corrected chi connectivity index (χ4v) is 1.73. The number of hydrogen-bond donors (Lipinski definition) is 1. The normalized spacial score (nSPS) is 10.2. The molecule has 94 valence electrons. The van der Waals surface area contributed by atoms with Crippen LogP contribution in [0.15, 0.2) is 24.3 Å². The number of rotatable bonds is 6. The lowest BCUT2D eigenvalue weighted by atomic mass is 10.1. The molecular weight excluding hydrogens is 214 g/mol. The van der Waals surface area contributed by atoms with Crippen molar-refractivity contribution in [3.63, 3.8) is 0 Å². The molecule has 0 bridgehead atoms. The van der Waals surface area contributed by atoms with Crippen LogP contribution in [0.1, 0.15) is 38.2 Å². The topological polar surface area (TPSA) is 40.5 Å². The number of hydrogen-bond acceptors (Lipinski definition) is 2. The molecule has 0 aliphatic rings. The number of benzene rings is 1. The first-order valence-electron chi connectivity index (χ1n) is 6.15. The molecule has 0 saturated heterocycles. The number of carbonyl (C=O) groups is 1. The highest BCUT2D eigenvalue weighted by Crippen LogP contribution is 2.13. The second-order valence-electron chi connectivity index (χ2n) is 4.38. The van der Waals surface area contributed by atoms with E-state index < -0.39 is 0 Å². The molecule has 0 unspecified atom stereocenters. The van der Waals surface area contributed by atoms with E-state index in [2.05, 4.69) is 6.92 Å². The number of nitrogens with zero attached hydrogens (tertiary/aromatic N) is 1. The van der Waals surface area contributed by atoms with Crippen molar-refractivity contribution in [1.82, 2.24) is 4.90 Å².